The van der Waals surface area contributed by atoms with E-state index in [1.807, 2.05) is 0 Å². The minimum Gasteiger partial charge on any atom is -0.790 e. The Bertz CT molecular complexity index is 970. The second-order valence-electron chi connectivity index (χ2n) is 8.11. The molecule has 0 aliphatic carbocycles. The van der Waals surface area contributed by atoms with Gasteiger partial charge in [-0.05, 0) is 47.2 Å². The summed E-state index contributed by atoms with van der Waals surface area (Å²) in [5.41, 5.74) is 0. The van der Waals surface area contributed by atoms with Crippen molar-refractivity contribution in [3.05, 3.63) is 0 Å². The molecule has 0 aliphatic rings. The second kappa shape index (κ2) is 36.0. The van der Waals surface area contributed by atoms with Crippen molar-refractivity contribution in [2.24, 2.45) is 0 Å². The first-order valence-corrected chi connectivity index (χ1v) is 15.1. The maximum atomic E-state index is 11.8. The van der Waals surface area contributed by atoms with Crippen LogP contribution in [0.3, 0.4) is 0 Å². The SMILES string of the molecule is C#CC#CC#CC#CSC(C)=O.CCCCCCCCCCCCCC(=O)O[C@@H](COCO)COP(=O)([O-])[O-].[HH].[HH].[HH].[HH].[HH].[Na+].[Na+]. The molecule has 0 aromatic heterocycles. The average molecular weight is 639 g/mol. The van der Waals surface area contributed by atoms with E-state index in [1.54, 1.807) is 0 Å². The van der Waals surface area contributed by atoms with Gasteiger partial charge in [-0.2, -0.15) is 0 Å². The van der Waals surface area contributed by atoms with Crippen LogP contribution in [-0.4, -0.2) is 42.3 Å². The Hall–Kier alpha value is -0.240. The molecule has 0 saturated carbocycles. The van der Waals surface area contributed by atoms with Crippen LogP contribution in [0, 0.1) is 47.2 Å². The van der Waals surface area contributed by atoms with E-state index in [0.29, 0.717) is 6.42 Å². The number of rotatable bonds is 19. The number of carbonyl (C=O) groups is 2. The van der Waals surface area contributed by atoms with E-state index in [4.69, 9.17) is 16.3 Å². The third-order valence-electron chi connectivity index (χ3n) is 4.66. The van der Waals surface area contributed by atoms with E-state index in [2.05, 4.69) is 57.0 Å². The molecule has 1 N–H and O–H groups in total. The van der Waals surface area contributed by atoms with Gasteiger partial charge in [0.25, 0.3) is 0 Å². The zero-order valence-electron chi connectivity index (χ0n) is 24.8. The standard InChI is InChI=1S/C18H37O8P.C10H4OS.2Na.5H2/c1-2-3-4-5-6-7-8-9-10-11-12-13-18(20)26-17(14-24-16-19)15-25-27(21,22)23;1-3-4-5-6-7-8-9-12-10(2)11;;;;;;;/h17,19H,2-16H2,1H3,(H2,21,22,23);1H,2H3;;;5*1H/q;;2*+1;;;;;/p-2/t17-;;;;;;;;/m0......../s1. The van der Waals surface area contributed by atoms with Crippen molar-refractivity contribution < 1.29 is 109 Å². The van der Waals surface area contributed by atoms with Crippen LogP contribution in [0.15, 0.2) is 0 Å². The van der Waals surface area contributed by atoms with Crippen LogP contribution in [0.1, 0.15) is 98.0 Å². The van der Waals surface area contributed by atoms with Crippen LogP contribution in [0.5, 0.6) is 0 Å². The van der Waals surface area contributed by atoms with Gasteiger partial charge >= 0.3 is 65.1 Å². The zero-order valence-corrected chi connectivity index (χ0v) is 30.5. The summed E-state index contributed by atoms with van der Waals surface area (Å²) in [6, 6.07) is 0. The Labute approximate surface area is 302 Å². The number of phosphoric acid groups is 1. The first kappa shape index (κ1) is 47.7. The molecule has 0 heterocycles. The van der Waals surface area contributed by atoms with Crippen molar-refractivity contribution >= 4 is 30.7 Å². The van der Waals surface area contributed by atoms with E-state index in [0.717, 1.165) is 31.0 Å². The summed E-state index contributed by atoms with van der Waals surface area (Å²) >= 11 is 0.904. The molecule has 228 valence electrons. The van der Waals surface area contributed by atoms with E-state index >= 15 is 0 Å². The number of carbonyl (C=O) groups excluding carboxylic acids is 2. The zero-order chi connectivity index (χ0) is 29.6. The van der Waals surface area contributed by atoms with Gasteiger partial charge in [-0.1, -0.05) is 71.1 Å². The Balaban J connectivity index is -0.0000000894. The molecule has 0 aliphatic heterocycles. The molecule has 0 aromatic carbocycles. The summed E-state index contributed by atoms with van der Waals surface area (Å²) in [7, 11) is -5.15. The first-order chi connectivity index (χ1) is 18.7. The number of thioether (sulfide) groups is 1. The van der Waals surface area contributed by atoms with Crippen LogP contribution < -0.4 is 68.9 Å². The van der Waals surface area contributed by atoms with E-state index in [-0.39, 0.29) is 84.4 Å². The van der Waals surface area contributed by atoms with Crippen LogP contribution in [0.4, 0.5) is 0 Å². The van der Waals surface area contributed by atoms with Gasteiger partial charge < -0.3 is 33.5 Å². The molecule has 41 heavy (non-hydrogen) atoms. The third kappa shape index (κ3) is 44.3. The summed E-state index contributed by atoms with van der Waals surface area (Å²) in [5.74, 6) is 13.6. The first-order valence-electron chi connectivity index (χ1n) is 12.8. The molecule has 0 aromatic rings. The normalized spacial score (nSPS) is 10.0. The minimum absolute atomic E-state index is 0. The number of hydrogen-bond acceptors (Lipinski definition) is 10. The predicted molar refractivity (Wildman–Crippen MR) is 159 cm³/mol. The largest absolute Gasteiger partial charge is 1.00 e. The Morgan fingerprint density at radius 1 is 0.902 bits per heavy atom. The molecule has 0 bridgehead atoms. The minimum atomic E-state index is -5.15. The number of hydrogen-bond donors (Lipinski definition) is 1. The van der Waals surface area contributed by atoms with Crippen molar-refractivity contribution in [1.82, 2.24) is 0 Å². The number of phosphoric ester groups is 1. The van der Waals surface area contributed by atoms with Gasteiger partial charge in [0.1, 0.15) is 12.9 Å². The number of terminal acetylenes is 1. The topological polar surface area (TPSA) is 145 Å². The van der Waals surface area contributed by atoms with Gasteiger partial charge in [-0.25, -0.2) is 0 Å². The monoisotopic (exact) mass is 638 g/mol. The van der Waals surface area contributed by atoms with Crippen LogP contribution >= 0.6 is 19.6 Å². The van der Waals surface area contributed by atoms with Crippen molar-refractivity contribution in [1.29, 1.82) is 0 Å². The van der Waals surface area contributed by atoms with Crippen molar-refractivity contribution in [2.75, 3.05) is 20.0 Å². The van der Waals surface area contributed by atoms with Crippen LogP contribution in [0.25, 0.3) is 0 Å². The summed E-state index contributed by atoms with van der Waals surface area (Å²) in [6.07, 6.45) is 16.8. The number of esters is 1. The van der Waals surface area contributed by atoms with Crippen molar-refractivity contribution in [3.63, 3.8) is 0 Å². The van der Waals surface area contributed by atoms with Gasteiger partial charge in [0.2, 0.25) is 0 Å². The fourth-order valence-electron chi connectivity index (χ4n) is 2.91. The Morgan fingerprint density at radius 3 is 1.90 bits per heavy atom. The van der Waals surface area contributed by atoms with Crippen LogP contribution in [0.2, 0.25) is 0 Å². The van der Waals surface area contributed by atoms with Gasteiger partial charge in [0.15, 0.2) is 5.12 Å². The molecule has 0 amide bonds. The number of aliphatic hydroxyl groups excluding tert-OH is 1. The second-order valence-corrected chi connectivity index (χ2v) is 10.2. The summed E-state index contributed by atoms with van der Waals surface area (Å²) in [6.45, 7) is 2.17. The molecule has 0 fully saturated rings. The molecular weight excluding hydrogens is 589 g/mol. The average Bonchev–Trinajstić information content (AvgIpc) is 2.88. The molecule has 0 radical (unpaired) electrons. The summed E-state index contributed by atoms with van der Waals surface area (Å²) in [4.78, 5) is 43.1. The van der Waals surface area contributed by atoms with Gasteiger partial charge in [0, 0.05) is 32.2 Å². The molecule has 13 heteroatoms. The van der Waals surface area contributed by atoms with Crippen LogP contribution in [-0.2, 0) is 28.2 Å². The van der Waals surface area contributed by atoms with E-state index < -0.39 is 33.3 Å². The summed E-state index contributed by atoms with van der Waals surface area (Å²) in [5, 5.41) is 11.0. The van der Waals surface area contributed by atoms with Gasteiger partial charge in [-0.15, -0.1) is 6.42 Å². The molecule has 0 rings (SSSR count). The molecule has 1 atom stereocenters. The molecule has 0 saturated heterocycles. The predicted octanol–water partition coefficient (Wildman–Crippen LogP) is -1.48. The van der Waals surface area contributed by atoms with Gasteiger partial charge in [-0.3, -0.25) is 9.59 Å². The Morgan fingerprint density at radius 2 is 1.41 bits per heavy atom. The van der Waals surface area contributed by atoms with Gasteiger partial charge in [0.05, 0.1) is 21.0 Å². The number of ether oxygens (including phenoxy) is 2. The summed E-state index contributed by atoms with van der Waals surface area (Å²) < 4.78 is 24.3. The molecule has 9 nitrogen and oxygen atoms in total. The quantitative estimate of drug-likeness (QED) is 0.0444. The number of aliphatic hydroxyl groups is 1. The fraction of sp³-hybridized carbons (Fsp3) is 0.643. The molecular formula is C28H49Na2O9PS. The van der Waals surface area contributed by atoms with E-state index in [1.165, 1.54) is 51.9 Å². The Kier molecular flexibility index (Phi) is 41.8. The third-order valence-corrected chi connectivity index (χ3v) is 5.62. The van der Waals surface area contributed by atoms with E-state index in [9.17, 15) is 23.9 Å². The van der Waals surface area contributed by atoms with Crippen molar-refractivity contribution in [2.45, 2.75) is 97.0 Å². The maximum absolute atomic E-state index is 11.8. The maximum Gasteiger partial charge on any atom is 1.00 e. The van der Waals surface area contributed by atoms with Crippen molar-refractivity contribution in [3.8, 4) is 47.2 Å². The smallest absolute Gasteiger partial charge is 0.790 e. The molecule has 0 unspecified atom stereocenters. The number of unbranched alkanes of at least 4 members (excludes halogenated alkanes) is 10. The molecule has 0 spiro atoms. The fourth-order valence-corrected chi connectivity index (χ4v) is 3.50.